The molecule has 240 valence electrons. The molecule has 0 saturated heterocycles. The number of hydrogen-bond acceptors (Lipinski definition) is 8. The Morgan fingerprint density at radius 3 is 2.72 bits per heavy atom. The normalized spacial score (nSPS) is 19.2. The molecule has 5 rings (SSSR count). The fraction of sp³-hybridized carbons (Fsp3) is 0.389. The number of carbonyl (C=O) groups excluding carboxylic acids is 2. The first-order chi connectivity index (χ1) is 22.3. The number of nitriles is 1. The summed E-state index contributed by atoms with van der Waals surface area (Å²) in [6.45, 7) is 6.93. The van der Waals surface area contributed by atoms with Crippen LogP contribution in [0.4, 0.5) is 0 Å². The van der Waals surface area contributed by atoms with Gasteiger partial charge in [0.1, 0.15) is 12.4 Å². The zero-order valence-corrected chi connectivity index (χ0v) is 28.7. The highest BCUT2D eigenvalue weighted by Crippen LogP contribution is 2.48. The van der Waals surface area contributed by atoms with E-state index in [0.717, 1.165) is 46.7 Å². The second-order valence-electron chi connectivity index (χ2n) is 11.5. The monoisotopic (exact) mass is 703 g/mol. The molecule has 1 aliphatic carbocycles. The van der Waals surface area contributed by atoms with E-state index in [1.54, 1.807) is 17.4 Å². The van der Waals surface area contributed by atoms with E-state index < -0.39 is 11.8 Å². The summed E-state index contributed by atoms with van der Waals surface area (Å²) in [6.07, 6.45) is 3.24. The molecule has 1 aromatic heterocycles. The Hall–Kier alpha value is -3.94. The number of Topliss-reactive ketones (excluding diaryl/α,β-unsaturated/α-hetero) is 1. The van der Waals surface area contributed by atoms with Crippen LogP contribution in [0.15, 0.2) is 74.6 Å². The van der Waals surface area contributed by atoms with Gasteiger partial charge in [-0.15, -0.1) is 11.3 Å². The van der Waals surface area contributed by atoms with Crippen molar-refractivity contribution in [3.05, 3.63) is 85.7 Å². The summed E-state index contributed by atoms with van der Waals surface area (Å²) in [5, 5.41) is 15.0. The number of amides is 1. The van der Waals surface area contributed by atoms with Crippen LogP contribution in [-0.2, 0) is 22.7 Å². The van der Waals surface area contributed by atoms with Crippen molar-refractivity contribution in [2.24, 2.45) is 16.8 Å². The van der Waals surface area contributed by atoms with Gasteiger partial charge >= 0.3 is 0 Å². The maximum atomic E-state index is 13.5. The van der Waals surface area contributed by atoms with Crippen LogP contribution in [0.3, 0.4) is 0 Å². The Morgan fingerprint density at radius 1 is 1.13 bits per heavy atom. The number of benzene rings is 2. The van der Waals surface area contributed by atoms with Gasteiger partial charge in [0.2, 0.25) is 0 Å². The van der Waals surface area contributed by atoms with E-state index in [9.17, 15) is 14.9 Å². The van der Waals surface area contributed by atoms with E-state index in [1.165, 1.54) is 0 Å². The maximum Gasteiger partial charge on any atom is 0.258 e. The predicted octanol–water partition coefficient (Wildman–Crippen LogP) is 7.91. The van der Waals surface area contributed by atoms with Crippen molar-refractivity contribution in [2.75, 3.05) is 13.2 Å². The molecule has 1 amide bonds. The number of nitrogens with zero attached hydrogens (tertiary/aromatic N) is 2. The number of thiophene rings is 1. The molecule has 2 aromatic carbocycles. The van der Waals surface area contributed by atoms with Crippen LogP contribution in [0.5, 0.6) is 17.2 Å². The third kappa shape index (κ3) is 7.88. The van der Waals surface area contributed by atoms with E-state index in [2.05, 4.69) is 34.2 Å². The zero-order chi connectivity index (χ0) is 32.6. The quantitative estimate of drug-likeness (QED) is 0.194. The summed E-state index contributed by atoms with van der Waals surface area (Å²) in [4.78, 5) is 31.7. The van der Waals surface area contributed by atoms with Crippen molar-refractivity contribution < 1.29 is 23.8 Å². The predicted molar refractivity (Wildman–Crippen MR) is 182 cm³/mol. The largest absolute Gasteiger partial charge is 0.490 e. The zero-order valence-electron chi connectivity index (χ0n) is 26.3. The first-order valence-corrected chi connectivity index (χ1v) is 17.3. The molecule has 0 spiro atoms. The minimum atomic E-state index is -0.556. The molecule has 3 atom stereocenters. The van der Waals surface area contributed by atoms with Crippen LogP contribution < -0.4 is 19.5 Å². The molecule has 10 heteroatoms. The van der Waals surface area contributed by atoms with Gasteiger partial charge in [0.25, 0.3) is 5.91 Å². The molecule has 0 fully saturated rings. The van der Waals surface area contributed by atoms with Crippen LogP contribution >= 0.6 is 27.3 Å². The van der Waals surface area contributed by atoms with E-state index >= 15 is 0 Å². The number of nitrogens with one attached hydrogen (secondary N) is 1. The standard InChI is InChI=1S/C36H38BrN3O5S/c1-4-8-23-14-30-35(31(41)15-23)34(28(18-38)22(3)40-30)25-16-29(37)36(32(17-25)43-5-2)45-20-24-9-6-10-26(13-24)44-21-33(42)39-19-27-11-7-12-46-27/h6-7,9-13,16-17,23,28,34H,4-5,8,14-15,19-21H2,1-3H3,(H,39,42). The number of ketones is 1. The molecule has 1 aliphatic heterocycles. The van der Waals surface area contributed by atoms with Crippen molar-refractivity contribution in [3.63, 3.8) is 0 Å². The van der Waals surface area contributed by atoms with Gasteiger partial charge in [-0.2, -0.15) is 5.26 Å². The molecule has 8 nitrogen and oxygen atoms in total. The molecule has 46 heavy (non-hydrogen) atoms. The van der Waals surface area contributed by atoms with Gasteiger partial charge in [0, 0.05) is 34.2 Å². The molecular formula is C36H38BrN3O5S. The number of rotatable bonds is 13. The van der Waals surface area contributed by atoms with E-state index in [1.807, 2.05) is 61.7 Å². The molecular weight excluding hydrogens is 666 g/mol. The van der Waals surface area contributed by atoms with Crippen molar-refractivity contribution in [3.8, 4) is 23.3 Å². The lowest BCUT2D eigenvalue weighted by atomic mass is 9.70. The average Bonchev–Trinajstić information content (AvgIpc) is 3.56. The van der Waals surface area contributed by atoms with Crippen molar-refractivity contribution in [1.29, 1.82) is 5.26 Å². The number of halogens is 1. The Labute approximate surface area is 282 Å². The van der Waals surface area contributed by atoms with Crippen LogP contribution in [0.25, 0.3) is 0 Å². The van der Waals surface area contributed by atoms with Crippen LogP contribution in [0.2, 0.25) is 0 Å². The molecule has 2 heterocycles. The van der Waals surface area contributed by atoms with Gasteiger partial charge in [0.15, 0.2) is 23.9 Å². The van der Waals surface area contributed by atoms with Gasteiger partial charge in [0.05, 0.1) is 29.6 Å². The third-order valence-corrected chi connectivity index (χ3v) is 9.66. The fourth-order valence-corrected chi connectivity index (χ4v) is 7.35. The van der Waals surface area contributed by atoms with Gasteiger partial charge in [-0.1, -0.05) is 31.5 Å². The Bertz CT molecular complexity index is 1680. The lowest BCUT2D eigenvalue weighted by molar-refractivity contribution is -0.123. The Morgan fingerprint density at radius 2 is 1.98 bits per heavy atom. The minimum Gasteiger partial charge on any atom is -0.490 e. The van der Waals surface area contributed by atoms with E-state index in [4.69, 9.17) is 19.2 Å². The first-order valence-electron chi connectivity index (χ1n) is 15.6. The summed E-state index contributed by atoms with van der Waals surface area (Å²) in [5.74, 6) is 0.777. The van der Waals surface area contributed by atoms with E-state index in [-0.39, 0.29) is 30.8 Å². The second kappa shape index (κ2) is 15.6. The SMILES string of the molecule is CCCC1CC(=O)C2=C(C1)N=C(C)C(C#N)C2c1cc(Br)c(OCc2cccc(OCC(=O)NCc3cccs3)c2)c(OCC)c1. The number of aliphatic imine (C=N–C) groups is 1. The van der Waals surface area contributed by atoms with Crippen LogP contribution in [0.1, 0.15) is 68.4 Å². The number of allylic oxidation sites excluding steroid dienone is 2. The summed E-state index contributed by atoms with van der Waals surface area (Å²) < 4.78 is 18.7. The second-order valence-corrected chi connectivity index (χ2v) is 13.4. The smallest absolute Gasteiger partial charge is 0.258 e. The molecule has 0 saturated carbocycles. The maximum absolute atomic E-state index is 13.5. The van der Waals surface area contributed by atoms with Gasteiger partial charge in [-0.25, -0.2) is 0 Å². The van der Waals surface area contributed by atoms with Gasteiger partial charge < -0.3 is 19.5 Å². The van der Waals surface area contributed by atoms with E-state index in [0.29, 0.717) is 46.9 Å². The van der Waals surface area contributed by atoms with Gasteiger partial charge in [-0.3, -0.25) is 14.6 Å². The number of carbonyl (C=O) groups is 2. The average molecular weight is 705 g/mol. The lowest BCUT2D eigenvalue weighted by Gasteiger charge is -2.35. The highest BCUT2D eigenvalue weighted by Gasteiger charge is 2.41. The van der Waals surface area contributed by atoms with Crippen molar-refractivity contribution in [1.82, 2.24) is 5.32 Å². The molecule has 3 aromatic rings. The third-order valence-electron chi connectivity index (χ3n) is 8.19. The van der Waals surface area contributed by atoms with Crippen molar-refractivity contribution in [2.45, 2.75) is 65.5 Å². The topological polar surface area (TPSA) is 110 Å². The lowest BCUT2D eigenvalue weighted by Crippen LogP contribution is -2.32. The highest BCUT2D eigenvalue weighted by atomic mass is 79.9. The molecule has 0 bridgehead atoms. The van der Waals surface area contributed by atoms with Crippen LogP contribution in [0, 0.1) is 23.2 Å². The molecule has 2 aliphatic rings. The summed E-state index contributed by atoms with van der Waals surface area (Å²) in [5.41, 5.74) is 3.87. The minimum absolute atomic E-state index is 0.0812. The fourth-order valence-electron chi connectivity index (χ4n) is 6.13. The first kappa shape index (κ1) is 33.4. The summed E-state index contributed by atoms with van der Waals surface area (Å²) in [6, 6.07) is 17.6. The number of ether oxygens (including phenoxy) is 3. The highest BCUT2D eigenvalue weighted by molar-refractivity contribution is 9.10. The molecule has 0 radical (unpaired) electrons. The Kier molecular flexibility index (Phi) is 11.3. The molecule has 1 N–H and O–H groups in total. The number of hydrogen-bond donors (Lipinski definition) is 1. The Balaban J connectivity index is 1.32. The van der Waals surface area contributed by atoms with Gasteiger partial charge in [-0.05, 0) is 95.4 Å². The van der Waals surface area contributed by atoms with Crippen molar-refractivity contribution >= 4 is 44.7 Å². The molecule has 3 unspecified atom stereocenters. The summed E-state index contributed by atoms with van der Waals surface area (Å²) >= 11 is 5.29. The van der Waals surface area contributed by atoms with Crippen LogP contribution in [-0.4, -0.2) is 30.6 Å². The summed E-state index contributed by atoms with van der Waals surface area (Å²) in [7, 11) is 0.